The van der Waals surface area contributed by atoms with E-state index in [0.29, 0.717) is 0 Å². The summed E-state index contributed by atoms with van der Waals surface area (Å²) in [6.07, 6.45) is 2.67. The van der Waals surface area contributed by atoms with Gasteiger partial charge in [0.1, 0.15) is 0 Å². The standard InChI is InChI=1S/C7H16N2/c1-2-9-5-3-7(8)4-6-9/h7H,2-6,8H2,1H3/p+2. The van der Waals surface area contributed by atoms with E-state index in [1.165, 1.54) is 32.5 Å². The Morgan fingerprint density at radius 3 is 2.44 bits per heavy atom. The van der Waals surface area contributed by atoms with Crippen LogP contribution in [0.15, 0.2) is 0 Å². The lowest BCUT2D eigenvalue weighted by Crippen LogP contribution is -3.13. The van der Waals surface area contributed by atoms with Gasteiger partial charge in [-0.1, -0.05) is 0 Å². The maximum Gasteiger partial charge on any atom is 0.0952 e. The molecule has 2 heteroatoms. The summed E-state index contributed by atoms with van der Waals surface area (Å²) in [5.41, 5.74) is 4.05. The lowest BCUT2D eigenvalue weighted by Gasteiger charge is -2.23. The van der Waals surface area contributed by atoms with Crippen molar-refractivity contribution in [1.29, 1.82) is 0 Å². The minimum atomic E-state index is 0.750. The van der Waals surface area contributed by atoms with E-state index in [1.54, 1.807) is 4.90 Å². The van der Waals surface area contributed by atoms with Crippen molar-refractivity contribution in [3.8, 4) is 0 Å². The van der Waals surface area contributed by atoms with Crippen molar-refractivity contribution in [1.82, 2.24) is 0 Å². The SMILES string of the molecule is CC[NH+]1CCC([NH3+])CC1. The van der Waals surface area contributed by atoms with Gasteiger partial charge in [0.25, 0.3) is 0 Å². The molecule has 0 radical (unpaired) electrons. The van der Waals surface area contributed by atoms with Crippen LogP contribution in [0.25, 0.3) is 0 Å². The van der Waals surface area contributed by atoms with E-state index >= 15 is 0 Å². The molecule has 4 N–H and O–H groups in total. The van der Waals surface area contributed by atoms with Crippen LogP contribution in [0.3, 0.4) is 0 Å². The van der Waals surface area contributed by atoms with Gasteiger partial charge >= 0.3 is 0 Å². The van der Waals surface area contributed by atoms with Gasteiger partial charge in [-0.15, -0.1) is 0 Å². The number of likely N-dealkylation sites (tertiary alicyclic amines) is 1. The van der Waals surface area contributed by atoms with Gasteiger partial charge in [0.2, 0.25) is 0 Å². The highest BCUT2D eigenvalue weighted by atomic mass is 15.1. The Morgan fingerprint density at radius 1 is 1.44 bits per heavy atom. The van der Waals surface area contributed by atoms with E-state index in [9.17, 15) is 0 Å². The Hall–Kier alpha value is -0.0800. The molecule has 0 atom stereocenters. The average Bonchev–Trinajstić information content (AvgIpc) is 1.90. The molecule has 1 aliphatic rings. The van der Waals surface area contributed by atoms with Gasteiger partial charge in [0.05, 0.1) is 25.7 Å². The van der Waals surface area contributed by atoms with Crippen LogP contribution in [0.1, 0.15) is 19.8 Å². The molecule has 1 aliphatic heterocycles. The molecule has 0 unspecified atom stereocenters. The fourth-order valence-electron chi connectivity index (χ4n) is 1.44. The van der Waals surface area contributed by atoms with Crippen LogP contribution in [-0.2, 0) is 0 Å². The number of rotatable bonds is 1. The first-order chi connectivity index (χ1) is 4.33. The first-order valence-electron chi connectivity index (χ1n) is 3.99. The summed E-state index contributed by atoms with van der Waals surface area (Å²) in [5.74, 6) is 0. The highest BCUT2D eigenvalue weighted by Crippen LogP contribution is 1.91. The molecule has 0 aliphatic carbocycles. The summed E-state index contributed by atoms with van der Waals surface area (Å²) >= 11 is 0. The third-order valence-electron chi connectivity index (χ3n) is 2.31. The summed E-state index contributed by atoms with van der Waals surface area (Å²) in [4.78, 5) is 1.76. The third kappa shape index (κ3) is 1.95. The van der Waals surface area contributed by atoms with Crippen LogP contribution in [0.4, 0.5) is 0 Å². The zero-order chi connectivity index (χ0) is 6.69. The summed E-state index contributed by atoms with van der Waals surface area (Å²) < 4.78 is 0. The fourth-order valence-corrected chi connectivity index (χ4v) is 1.44. The molecule has 0 aromatic heterocycles. The Bertz CT molecular complexity index is 75.0. The summed E-state index contributed by atoms with van der Waals surface area (Å²) in [6.45, 7) is 6.26. The quantitative estimate of drug-likeness (QED) is 0.424. The molecule has 1 fully saturated rings. The second-order valence-electron chi connectivity index (χ2n) is 3.05. The van der Waals surface area contributed by atoms with Crippen LogP contribution in [-0.4, -0.2) is 25.7 Å². The predicted octanol–water partition coefficient (Wildman–Crippen LogP) is -1.70. The Kier molecular flexibility index (Phi) is 2.49. The van der Waals surface area contributed by atoms with Gasteiger partial charge < -0.3 is 10.6 Å². The summed E-state index contributed by atoms with van der Waals surface area (Å²) in [6, 6.07) is 0.750. The molecule has 9 heavy (non-hydrogen) atoms. The van der Waals surface area contributed by atoms with E-state index in [4.69, 9.17) is 0 Å². The Morgan fingerprint density at radius 2 is 2.00 bits per heavy atom. The molecule has 0 saturated carbocycles. The summed E-state index contributed by atoms with van der Waals surface area (Å²) in [5, 5.41) is 0. The van der Waals surface area contributed by atoms with Gasteiger partial charge in [-0.05, 0) is 6.92 Å². The van der Waals surface area contributed by atoms with Gasteiger partial charge in [0.15, 0.2) is 0 Å². The van der Waals surface area contributed by atoms with Crippen LogP contribution in [0, 0.1) is 0 Å². The molecule has 1 heterocycles. The van der Waals surface area contributed by atoms with Crippen LogP contribution < -0.4 is 10.6 Å². The van der Waals surface area contributed by atoms with Crippen LogP contribution in [0.2, 0.25) is 0 Å². The maximum absolute atomic E-state index is 4.05. The number of quaternary nitrogens is 2. The molecular weight excluding hydrogens is 112 g/mol. The predicted molar refractivity (Wildman–Crippen MR) is 37.1 cm³/mol. The minimum absolute atomic E-state index is 0.750. The monoisotopic (exact) mass is 130 g/mol. The first kappa shape index (κ1) is 7.03. The van der Waals surface area contributed by atoms with Crippen molar-refractivity contribution in [2.24, 2.45) is 0 Å². The average molecular weight is 130 g/mol. The van der Waals surface area contributed by atoms with Crippen LogP contribution in [0.5, 0.6) is 0 Å². The molecule has 0 spiro atoms. The van der Waals surface area contributed by atoms with Gasteiger partial charge in [-0.2, -0.15) is 0 Å². The highest BCUT2D eigenvalue weighted by Gasteiger charge is 2.19. The zero-order valence-corrected chi connectivity index (χ0v) is 6.32. The first-order valence-corrected chi connectivity index (χ1v) is 3.99. The van der Waals surface area contributed by atoms with Crippen molar-refractivity contribution < 1.29 is 10.6 Å². The number of hydrogen-bond donors (Lipinski definition) is 2. The normalized spacial score (nSPS) is 36.7. The maximum atomic E-state index is 4.05. The molecule has 2 nitrogen and oxygen atoms in total. The van der Waals surface area contributed by atoms with E-state index in [0.717, 1.165) is 6.04 Å². The Balaban J connectivity index is 2.18. The van der Waals surface area contributed by atoms with Crippen molar-refractivity contribution in [3.05, 3.63) is 0 Å². The largest absolute Gasteiger partial charge is 0.355 e. The summed E-state index contributed by atoms with van der Waals surface area (Å²) in [7, 11) is 0. The molecule has 0 aromatic rings. The molecular formula is C7H18N2+2. The molecule has 0 amide bonds. The Labute approximate surface area is 57.0 Å². The number of hydrogen-bond acceptors (Lipinski definition) is 0. The van der Waals surface area contributed by atoms with E-state index < -0.39 is 0 Å². The third-order valence-corrected chi connectivity index (χ3v) is 2.31. The van der Waals surface area contributed by atoms with Crippen molar-refractivity contribution in [2.45, 2.75) is 25.8 Å². The van der Waals surface area contributed by atoms with Crippen molar-refractivity contribution >= 4 is 0 Å². The van der Waals surface area contributed by atoms with Gasteiger partial charge in [-0.25, -0.2) is 0 Å². The van der Waals surface area contributed by atoms with E-state index in [1.807, 2.05) is 0 Å². The lowest BCUT2D eigenvalue weighted by molar-refractivity contribution is -0.906. The zero-order valence-electron chi connectivity index (χ0n) is 6.32. The molecule has 1 rings (SSSR count). The highest BCUT2D eigenvalue weighted by molar-refractivity contribution is 4.55. The fraction of sp³-hybridized carbons (Fsp3) is 1.00. The van der Waals surface area contributed by atoms with Crippen molar-refractivity contribution in [2.75, 3.05) is 19.6 Å². The lowest BCUT2D eigenvalue weighted by atomic mass is 10.1. The van der Waals surface area contributed by atoms with Gasteiger partial charge in [-0.3, -0.25) is 0 Å². The van der Waals surface area contributed by atoms with Crippen LogP contribution >= 0.6 is 0 Å². The van der Waals surface area contributed by atoms with E-state index in [-0.39, 0.29) is 0 Å². The second-order valence-corrected chi connectivity index (χ2v) is 3.05. The second kappa shape index (κ2) is 3.18. The topological polar surface area (TPSA) is 32.1 Å². The molecule has 0 bridgehead atoms. The minimum Gasteiger partial charge on any atom is -0.355 e. The molecule has 0 aromatic carbocycles. The van der Waals surface area contributed by atoms with Gasteiger partial charge in [0, 0.05) is 12.8 Å². The number of piperidine rings is 1. The number of nitrogens with one attached hydrogen (secondary N) is 1. The molecule has 1 saturated heterocycles. The smallest absolute Gasteiger partial charge is 0.0952 e. The van der Waals surface area contributed by atoms with Crippen molar-refractivity contribution in [3.63, 3.8) is 0 Å². The van der Waals surface area contributed by atoms with E-state index in [2.05, 4.69) is 12.7 Å². The molecule has 54 valence electrons.